The Bertz CT molecular complexity index is 988. The average molecular weight is 642 g/mol. The van der Waals surface area contributed by atoms with E-state index in [1.54, 1.807) is 24.9 Å². The molecule has 4 aliphatic rings. The topological polar surface area (TPSA) is 92.5 Å². The molecule has 2 heterocycles. The van der Waals surface area contributed by atoms with E-state index in [0.29, 0.717) is 23.6 Å². The van der Waals surface area contributed by atoms with Gasteiger partial charge < -0.3 is 19.0 Å². The number of fused-ring (bicyclic) bond motifs is 2. The zero-order valence-electron chi connectivity index (χ0n) is 24.6. The van der Waals surface area contributed by atoms with Gasteiger partial charge in [0.1, 0.15) is 24.7 Å². The fraction of sp³-hybridized carbons (Fsp3) is 0.697. The van der Waals surface area contributed by atoms with Crippen molar-refractivity contribution in [3.05, 3.63) is 62.0 Å². The Labute approximate surface area is 265 Å². The number of hydrogen-bond donors (Lipinski definition) is 2. The van der Waals surface area contributed by atoms with Crippen molar-refractivity contribution in [1.82, 2.24) is 9.97 Å². The van der Waals surface area contributed by atoms with Crippen molar-refractivity contribution < 1.29 is 19.0 Å². The van der Waals surface area contributed by atoms with Crippen LogP contribution in [-0.2, 0) is 0 Å². The summed E-state index contributed by atoms with van der Waals surface area (Å²) in [5.74, 6) is 2.58. The molecule has 0 radical (unpaired) electrons. The second-order valence-corrected chi connectivity index (χ2v) is 14.5. The van der Waals surface area contributed by atoms with Crippen molar-refractivity contribution in [2.24, 2.45) is 34.5 Å². The number of halogens is 3. The molecule has 0 aromatic carbocycles. The minimum Gasteiger partial charge on any atom is -0.446 e. The van der Waals surface area contributed by atoms with Crippen LogP contribution >= 0.6 is 34.8 Å². The maximum atomic E-state index is 10.6. The first-order valence-corrected chi connectivity index (χ1v) is 16.9. The summed E-state index contributed by atoms with van der Waals surface area (Å²) in [6.07, 6.45) is 26.5. The van der Waals surface area contributed by atoms with Crippen molar-refractivity contribution in [1.29, 1.82) is 0 Å². The molecule has 2 aromatic rings. The first-order valence-electron chi connectivity index (χ1n) is 15.6. The van der Waals surface area contributed by atoms with E-state index in [4.69, 9.17) is 43.6 Å². The molecule has 6 nitrogen and oxygen atoms in total. The first-order chi connectivity index (χ1) is 20.3. The van der Waals surface area contributed by atoms with E-state index in [2.05, 4.69) is 35.3 Å². The molecule has 9 heteroatoms. The van der Waals surface area contributed by atoms with Crippen molar-refractivity contribution in [3.63, 3.8) is 0 Å². The summed E-state index contributed by atoms with van der Waals surface area (Å²) in [5, 5.41) is 21.2. The lowest BCUT2D eigenvalue weighted by Crippen LogP contribution is -2.42. The summed E-state index contributed by atoms with van der Waals surface area (Å²) in [6, 6.07) is 0. The summed E-state index contributed by atoms with van der Waals surface area (Å²) in [7, 11) is 0. The monoisotopic (exact) mass is 640 g/mol. The Balaban J connectivity index is 0.000000171. The number of aliphatic hydroxyl groups is 2. The van der Waals surface area contributed by atoms with E-state index >= 15 is 0 Å². The third-order valence-electron chi connectivity index (χ3n) is 10.7. The summed E-state index contributed by atoms with van der Waals surface area (Å²) in [6.45, 7) is 8.19. The van der Waals surface area contributed by atoms with Crippen LogP contribution in [0.2, 0.25) is 0 Å². The van der Waals surface area contributed by atoms with Gasteiger partial charge in [0.05, 0.1) is 12.4 Å². The molecule has 0 bridgehead atoms. The molecule has 0 saturated heterocycles. The highest BCUT2D eigenvalue weighted by Gasteiger charge is 2.49. The van der Waals surface area contributed by atoms with Crippen molar-refractivity contribution in [2.45, 2.75) is 106 Å². The Hall–Kier alpha value is -1.31. The number of aromatic nitrogens is 2. The van der Waals surface area contributed by atoms with E-state index in [-0.39, 0.29) is 22.7 Å². The van der Waals surface area contributed by atoms with Crippen molar-refractivity contribution in [3.8, 4) is 0 Å². The zero-order valence-corrected chi connectivity index (χ0v) is 26.8. The molecule has 0 amide bonds. The predicted octanol–water partition coefficient (Wildman–Crippen LogP) is 9.73. The molecule has 4 aliphatic carbocycles. The van der Waals surface area contributed by atoms with Crippen molar-refractivity contribution >= 4 is 34.8 Å². The Morgan fingerprint density at radius 3 is 1.40 bits per heavy atom. The number of allylic oxidation sites excluding steroid dienone is 2. The molecule has 0 spiro atoms. The van der Waals surface area contributed by atoms with Gasteiger partial charge in [0.25, 0.3) is 0 Å². The fourth-order valence-corrected chi connectivity index (χ4v) is 8.81. The van der Waals surface area contributed by atoms with E-state index in [1.165, 1.54) is 77.0 Å². The first kappa shape index (κ1) is 33.6. The van der Waals surface area contributed by atoms with Gasteiger partial charge >= 0.3 is 0 Å². The number of oxazole rings is 2. The minimum atomic E-state index is -0.750. The van der Waals surface area contributed by atoms with E-state index in [9.17, 15) is 10.2 Å². The third-order valence-corrected chi connectivity index (χ3v) is 10.7. The number of alkyl halides is 3. The molecule has 8 atom stereocenters. The maximum Gasteiger partial charge on any atom is 0.223 e. The van der Waals surface area contributed by atoms with Crippen LogP contribution in [0.3, 0.4) is 0 Å². The highest BCUT2D eigenvalue weighted by molar-refractivity contribution is 6.63. The fourth-order valence-electron chi connectivity index (χ4n) is 8.81. The van der Waals surface area contributed by atoms with Gasteiger partial charge in [0, 0.05) is 0 Å². The van der Waals surface area contributed by atoms with Gasteiger partial charge in [-0.1, -0.05) is 85.5 Å². The smallest absolute Gasteiger partial charge is 0.223 e. The molecule has 0 unspecified atom stereocenters. The highest BCUT2D eigenvalue weighted by Crippen LogP contribution is 2.57. The molecule has 2 N–H and O–H groups in total. The Kier molecular flexibility index (Phi) is 12.5. The van der Waals surface area contributed by atoms with E-state index in [1.807, 2.05) is 0 Å². The van der Waals surface area contributed by atoms with E-state index in [0.717, 1.165) is 12.8 Å². The minimum absolute atomic E-state index is 0.245. The SMILES string of the molecule is C=C[C@]12CCCC[C@@H]1[C@H]([C@H](O)c1ncco1)CCC2.C=C[C@]12CCCC[C@@H]1[C@H]([C@H](O)c1ncco1)CCC2.ClC(Cl)Cl. The molecule has 42 heavy (non-hydrogen) atoms. The van der Waals surface area contributed by atoms with E-state index < -0.39 is 16.5 Å². The van der Waals surface area contributed by atoms with Crippen LogP contribution in [0.15, 0.2) is 59.1 Å². The van der Waals surface area contributed by atoms with Gasteiger partial charge in [-0.05, 0) is 85.9 Å². The number of aliphatic hydroxyl groups excluding tert-OH is 2. The summed E-state index contributed by atoms with van der Waals surface area (Å²) < 4.78 is 9.87. The largest absolute Gasteiger partial charge is 0.446 e. The maximum absolute atomic E-state index is 10.6. The molecule has 4 saturated carbocycles. The lowest BCUT2D eigenvalue weighted by Gasteiger charge is -2.50. The molecular formula is C33H47Cl3N2O4. The summed E-state index contributed by atoms with van der Waals surface area (Å²) in [4.78, 5) is 8.27. The van der Waals surface area contributed by atoms with Crippen LogP contribution in [-0.4, -0.2) is 24.5 Å². The van der Waals surface area contributed by atoms with Crippen LogP contribution < -0.4 is 0 Å². The van der Waals surface area contributed by atoms with Gasteiger partial charge in [0.15, 0.2) is 4.30 Å². The zero-order chi connectivity index (χ0) is 30.2. The van der Waals surface area contributed by atoms with Gasteiger partial charge in [0.2, 0.25) is 11.8 Å². The van der Waals surface area contributed by atoms with Crippen molar-refractivity contribution in [2.75, 3.05) is 0 Å². The van der Waals surface area contributed by atoms with Gasteiger partial charge in [-0.3, -0.25) is 0 Å². The quantitative estimate of drug-likeness (QED) is 0.241. The standard InChI is InChI=1S/2C16H23NO2.CHCl3/c2*1-2-16-8-4-3-7-13(16)12(6-5-9-16)14(18)15-17-10-11-19-15;2-1(3)4/h2*2,10-14,18H,1,3-9H2;1H/t2*12-,13-,14+,16-;/m11./s1. The van der Waals surface area contributed by atoms with Gasteiger partial charge in [-0.2, -0.15) is 0 Å². The van der Waals surface area contributed by atoms with Gasteiger partial charge in [-0.25, -0.2) is 9.97 Å². The van der Waals surface area contributed by atoms with Crippen LogP contribution in [0.1, 0.15) is 114 Å². The Morgan fingerprint density at radius 2 is 1.07 bits per heavy atom. The second-order valence-electron chi connectivity index (χ2n) is 12.6. The van der Waals surface area contributed by atoms with Crippen LogP contribution in [0.5, 0.6) is 0 Å². The molecular weight excluding hydrogens is 595 g/mol. The average Bonchev–Trinajstić information content (AvgIpc) is 3.75. The molecule has 4 fully saturated rings. The normalized spacial score (nSPS) is 33.9. The molecule has 6 rings (SSSR count). The Morgan fingerprint density at radius 1 is 0.690 bits per heavy atom. The third kappa shape index (κ3) is 7.66. The second kappa shape index (κ2) is 15.6. The molecule has 0 aliphatic heterocycles. The van der Waals surface area contributed by atoms with Crippen LogP contribution in [0.25, 0.3) is 0 Å². The van der Waals surface area contributed by atoms with Gasteiger partial charge in [-0.15, -0.1) is 13.2 Å². The molecule has 2 aromatic heterocycles. The number of rotatable bonds is 6. The number of nitrogens with zero attached hydrogens (tertiary/aromatic N) is 2. The lowest BCUT2D eigenvalue weighted by atomic mass is 9.55. The lowest BCUT2D eigenvalue weighted by molar-refractivity contribution is -0.0403. The van der Waals surface area contributed by atoms with Crippen LogP contribution in [0, 0.1) is 34.5 Å². The predicted molar refractivity (Wildman–Crippen MR) is 168 cm³/mol. The molecule has 234 valence electrons. The number of hydrogen-bond acceptors (Lipinski definition) is 6. The highest BCUT2D eigenvalue weighted by atomic mass is 35.6. The van der Waals surface area contributed by atoms with Crippen LogP contribution in [0.4, 0.5) is 0 Å². The summed E-state index contributed by atoms with van der Waals surface area (Å²) in [5.41, 5.74) is 0.490. The summed E-state index contributed by atoms with van der Waals surface area (Å²) >= 11 is 14.4.